The van der Waals surface area contributed by atoms with Crippen LogP contribution in [0.5, 0.6) is 0 Å². The predicted molar refractivity (Wildman–Crippen MR) is 99.4 cm³/mol. The van der Waals surface area contributed by atoms with Gasteiger partial charge in [0.1, 0.15) is 30.0 Å². The fourth-order valence-electron chi connectivity index (χ4n) is 3.74. The number of amides is 1. The Morgan fingerprint density at radius 2 is 2.14 bits per heavy atom. The molecule has 154 valence electrons. The minimum Gasteiger partial charge on any atom is -0.394 e. The lowest BCUT2D eigenvalue weighted by Crippen LogP contribution is -2.45. The average molecular weight is 403 g/mol. The number of morpholine rings is 1. The van der Waals surface area contributed by atoms with Crippen molar-refractivity contribution >= 4 is 22.8 Å². The predicted octanol–water partition coefficient (Wildman–Crippen LogP) is -1.90. The normalized spacial score (nSPS) is 29.9. The van der Waals surface area contributed by atoms with Crippen LogP contribution in [0.4, 0.5) is 5.82 Å². The number of hydrogen-bond donors (Lipinski definition) is 4. The smallest absolute Gasteiger partial charge is 0.256 e. The molecule has 0 bridgehead atoms. The third kappa shape index (κ3) is 2.93. The Labute approximate surface area is 165 Å². The lowest BCUT2D eigenvalue weighted by atomic mass is 9.95. The molecule has 11 heteroatoms. The molecule has 4 rings (SSSR count). The van der Waals surface area contributed by atoms with Crippen molar-refractivity contribution in [1.29, 1.82) is 0 Å². The van der Waals surface area contributed by atoms with E-state index in [4.69, 9.17) is 21.6 Å². The van der Waals surface area contributed by atoms with Crippen molar-refractivity contribution in [2.75, 3.05) is 38.6 Å². The topological polar surface area (TPSA) is 156 Å². The molecule has 11 nitrogen and oxygen atoms in total. The average Bonchev–Trinajstić information content (AvgIpc) is 3.25. The van der Waals surface area contributed by atoms with Crippen LogP contribution in [-0.4, -0.2) is 91.4 Å². The van der Waals surface area contributed by atoms with Crippen molar-refractivity contribution in [1.82, 2.24) is 19.4 Å². The summed E-state index contributed by atoms with van der Waals surface area (Å²) in [4.78, 5) is 22.9. The molecule has 1 amide bonds. The number of aliphatic hydroxyl groups is 3. The number of nitrogens with zero attached hydrogens (tertiary/aromatic N) is 4. The van der Waals surface area contributed by atoms with Crippen LogP contribution in [-0.2, 0) is 9.47 Å². The summed E-state index contributed by atoms with van der Waals surface area (Å²) >= 11 is 0. The lowest BCUT2D eigenvalue weighted by molar-refractivity contribution is -0.0718. The fourth-order valence-corrected chi connectivity index (χ4v) is 3.74. The molecule has 2 fully saturated rings. The third-order valence-corrected chi connectivity index (χ3v) is 5.31. The molecular formula is C18H21N5O6. The van der Waals surface area contributed by atoms with E-state index in [1.807, 2.05) is 0 Å². The molecule has 0 radical (unpaired) electrons. The Bertz CT molecular complexity index is 981. The van der Waals surface area contributed by atoms with Crippen molar-refractivity contribution in [3.05, 3.63) is 18.1 Å². The van der Waals surface area contributed by atoms with E-state index in [9.17, 15) is 20.1 Å². The zero-order chi connectivity index (χ0) is 20.8. The van der Waals surface area contributed by atoms with Gasteiger partial charge in [0.05, 0.1) is 30.8 Å². The lowest BCUT2D eigenvalue weighted by Gasteiger charge is -2.27. The Morgan fingerprint density at radius 1 is 1.41 bits per heavy atom. The number of fused-ring (bicyclic) bond motifs is 1. The van der Waals surface area contributed by atoms with Gasteiger partial charge in [-0.05, 0) is 0 Å². The largest absolute Gasteiger partial charge is 0.394 e. The van der Waals surface area contributed by atoms with Crippen LogP contribution < -0.4 is 5.73 Å². The van der Waals surface area contributed by atoms with E-state index in [0.29, 0.717) is 26.3 Å². The van der Waals surface area contributed by atoms with E-state index < -0.39 is 30.6 Å². The van der Waals surface area contributed by atoms with Crippen LogP contribution in [0.1, 0.15) is 16.6 Å². The summed E-state index contributed by atoms with van der Waals surface area (Å²) in [5, 5.41) is 31.0. The highest BCUT2D eigenvalue weighted by molar-refractivity contribution is 6.09. The summed E-state index contributed by atoms with van der Waals surface area (Å²) in [6.45, 7) is 1.11. The Kier molecular flexibility index (Phi) is 4.89. The maximum atomic E-state index is 13.1. The third-order valence-electron chi connectivity index (χ3n) is 5.31. The van der Waals surface area contributed by atoms with E-state index in [1.165, 1.54) is 17.1 Å². The van der Waals surface area contributed by atoms with Gasteiger partial charge in [0.25, 0.3) is 5.91 Å². The first-order valence-corrected chi connectivity index (χ1v) is 9.05. The molecule has 5 N–H and O–H groups in total. The first-order valence-electron chi connectivity index (χ1n) is 9.05. The number of terminal acetylenes is 1. The number of aromatic nitrogens is 3. The molecule has 29 heavy (non-hydrogen) atoms. The number of ether oxygens (including phenoxy) is 2. The minimum absolute atomic E-state index is 0.0758. The highest BCUT2D eigenvalue weighted by atomic mass is 16.6. The summed E-state index contributed by atoms with van der Waals surface area (Å²) in [6.07, 6.45) is 4.15. The van der Waals surface area contributed by atoms with Gasteiger partial charge in [-0.1, -0.05) is 5.92 Å². The number of carbonyl (C=O) groups excluding carboxylic acids is 1. The fraction of sp³-hybridized carbons (Fsp3) is 0.500. The van der Waals surface area contributed by atoms with Gasteiger partial charge in [0.2, 0.25) is 0 Å². The Balaban J connectivity index is 1.85. The molecule has 0 aliphatic carbocycles. The standard InChI is InChI=1S/C18H21N5O6/c1-2-18(27)13(25)11(8-24)29-17(18)23-7-10(12-14(19)20-9-21-15(12)23)16(26)22-3-5-28-6-4-22/h1,7,9,11,13,17,24-25,27H,3-6,8H2,(H2,19,20,21)/t11-,13-,17-,18+/m1/s1. The van der Waals surface area contributed by atoms with Crippen LogP contribution in [0.15, 0.2) is 12.5 Å². The van der Waals surface area contributed by atoms with Gasteiger partial charge < -0.3 is 40.0 Å². The zero-order valence-electron chi connectivity index (χ0n) is 15.4. The van der Waals surface area contributed by atoms with E-state index in [2.05, 4.69) is 15.9 Å². The van der Waals surface area contributed by atoms with Gasteiger partial charge in [-0.3, -0.25) is 4.79 Å². The second-order valence-corrected chi connectivity index (χ2v) is 6.94. The molecule has 0 saturated carbocycles. The molecule has 4 heterocycles. The number of anilines is 1. The summed E-state index contributed by atoms with van der Waals surface area (Å²) < 4.78 is 12.3. The maximum Gasteiger partial charge on any atom is 0.256 e. The second kappa shape index (κ2) is 7.25. The van der Waals surface area contributed by atoms with Crippen molar-refractivity contribution in [2.45, 2.75) is 24.0 Å². The molecule has 2 aliphatic rings. The molecule has 0 aromatic carbocycles. The number of nitrogens with two attached hydrogens (primary N) is 1. The van der Waals surface area contributed by atoms with Gasteiger partial charge in [-0.15, -0.1) is 6.42 Å². The SMILES string of the molecule is C#C[C@]1(O)[C@H](O)[C@@H](CO)O[C@H]1n1cc(C(=O)N2CCOCC2)c2c(N)ncnc21. The van der Waals surface area contributed by atoms with Gasteiger partial charge in [-0.2, -0.15) is 0 Å². The van der Waals surface area contributed by atoms with E-state index in [1.54, 1.807) is 4.90 Å². The number of carbonyl (C=O) groups is 1. The summed E-state index contributed by atoms with van der Waals surface area (Å²) in [7, 11) is 0. The van der Waals surface area contributed by atoms with Crippen LogP contribution in [0, 0.1) is 12.3 Å². The molecule has 2 aliphatic heterocycles. The quantitative estimate of drug-likeness (QED) is 0.430. The van der Waals surface area contributed by atoms with Gasteiger partial charge in [0, 0.05) is 19.3 Å². The number of rotatable bonds is 3. The van der Waals surface area contributed by atoms with Crippen LogP contribution in [0.25, 0.3) is 11.0 Å². The number of aliphatic hydroxyl groups excluding tert-OH is 2. The van der Waals surface area contributed by atoms with Gasteiger partial charge in [0.15, 0.2) is 11.8 Å². The summed E-state index contributed by atoms with van der Waals surface area (Å²) in [5.41, 5.74) is 4.29. The Morgan fingerprint density at radius 3 is 2.79 bits per heavy atom. The van der Waals surface area contributed by atoms with Crippen LogP contribution in [0.2, 0.25) is 0 Å². The molecular weight excluding hydrogens is 382 g/mol. The van der Waals surface area contributed by atoms with Crippen molar-refractivity contribution in [2.24, 2.45) is 0 Å². The molecule has 2 aromatic heterocycles. The number of hydrogen-bond acceptors (Lipinski definition) is 9. The minimum atomic E-state index is -2.15. The molecule has 4 atom stereocenters. The van der Waals surface area contributed by atoms with E-state index in [0.717, 1.165) is 0 Å². The molecule has 2 saturated heterocycles. The monoisotopic (exact) mass is 403 g/mol. The number of nitrogen functional groups attached to an aromatic ring is 1. The highest BCUT2D eigenvalue weighted by Crippen LogP contribution is 2.41. The van der Waals surface area contributed by atoms with E-state index in [-0.39, 0.29) is 28.3 Å². The van der Waals surface area contributed by atoms with Crippen LogP contribution in [0.3, 0.4) is 0 Å². The van der Waals surface area contributed by atoms with Crippen molar-refractivity contribution in [3.63, 3.8) is 0 Å². The molecule has 0 unspecified atom stereocenters. The molecule has 2 aromatic rings. The summed E-state index contributed by atoms with van der Waals surface area (Å²) in [6, 6.07) is 0. The molecule has 0 spiro atoms. The van der Waals surface area contributed by atoms with Gasteiger partial charge >= 0.3 is 0 Å². The maximum absolute atomic E-state index is 13.1. The second-order valence-electron chi connectivity index (χ2n) is 6.94. The zero-order valence-corrected chi connectivity index (χ0v) is 15.4. The highest BCUT2D eigenvalue weighted by Gasteiger charge is 2.56. The van der Waals surface area contributed by atoms with E-state index >= 15 is 0 Å². The summed E-state index contributed by atoms with van der Waals surface area (Å²) in [5.74, 6) is 1.92. The van der Waals surface area contributed by atoms with Gasteiger partial charge in [-0.25, -0.2) is 9.97 Å². The Hall–Kier alpha value is -2.75. The first-order chi connectivity index (χ1) is 13.9. The van der Waals surface area contributed by atoms with Crippen LogP contribution >= 0.6 is 0 Å². The van der Waals surface area contributed by atoms with Crippen molar-refractivity contribution < 1.29 is 29.6 Å². The first kappa shape index (κ1) is 19.6. The van der Waals surface area contributed by atoms with Crippen molar-refractivity contribution in [3.8, 4) is 12.3 Å².